The standard InChI is InChI=1S/C13H10BrCl2NO2/c14-10-1-8(4-17-5-10)7-19-13-9(6-18)2-11(15)3-12(13)16/h1-5,18H,6-7H2. The lowest BCUT2D eigenvalue weighted by molar-refractivity contribution is 0.259. The first-order valence-corrected chi connectivity index (χ1v) is 6.96. The highest BCUT2D eigenvalue weighted by molar-refractivity contribution is 9.10. The first-order chi connectivity index (χ1) is 9.10. The Bertz CT molecular complexity index is 593. The summed E-state index contributed by atoms with van der Waals surface area (Å²) in [5.74, 6) is 0.438. The third-order valence-corrected chi connectivity index (χ3v) is 3.33. The number of benzene rings is 1. The van der Waals surface area contributed by atoms with E-state index in [0.717, 1.165) is 10.0 Å². The first-order valence-electron chi connectivity index (χ1n) is 5.41. The number of hydrogen-bond acceptors (Lipinski definition) is 3. The van der Waals surface area contributed by atoms with Crippen LogP contribution in [0.3, 0.4) is 0 Å². The Kier molecular flexibility index (Phi) is 5.05. The topological polar surface area (TPSA) is 42.4 Å². The van der Waals surface area contributed by atoms with E-state index in [0.29, 0.717) is 28.0 Å². The van der Waals surface area contributed by atoms with Crippen LogP contribution in [0.4, 0.5) is 0 Å². The molecule has 0 fully saturated rings. The molecule has 2 aromatic rings. The van der Waals surface area contributed by atoms with Crippen molar-refractivity contribution in [3.05, 3.63) is 56.2 Å². The summed E-state index contributed by atoms with van der Waals surface area (Å²) in [6, 6.07) is 5.11. The number of rotatable bonds is 4. The fourth-order valence-corrected chi connectivity index (χ4v) is 2.59. The van der Waals surface area contributed by atoms with Gasteiger partial charge in [-0.2, -0.15) is 0 Å². The second-order valence-corrected chi connectivity index (χ2v) is 5.59. The van der Waals surface area contributed by atoms with E-state index in [4.69, 9.17) is 27.9 Å². The lowest BCUT2D eigenvalue weighted by Crippen LogP contribution is -2.00. The van der Waals surface area contributed by atoms with E-state index in [1.54, 1.807) is 24.5 Å². The molecule has 19 heavy (non-hydrogen) atoms. The van der Waals surface area contributed by atoms with Crippen LogP contribution in [0.25, 0.3) is 0 Å². The number of aliphatic hydroxyl groups excluding tert-OH is 1. The van der Waals surface area contributed by atoms with Crippen molar-refractivity contribution < 1.29 is 9.84 Å². The average molecular weight is 363 g/mol. The van der Waals surface area contributed by atoms with Gasteiger partial charge < -0.3 is 9.84 Å². The maximum Gasteiger partial charge on any atom is 0.144 e. The van der Waals surface area contributed by atoms with Crippen LogP contribution in [-0.2, 0) is 13.2 Å². The van der Waals surface area contributed by atoms with Gasteiger partial charge in [-0.1, -0.05) is 23.2 Å². The smallest absolute Gasteiger partial charge is 0.144 e. The number of ether oxygens (including phenoxy) is 1. The second kappa shape index (κ2) is 6.57. The van der Waals surface area contributed by atoms with Crippen LogP contribution < -0.4 is 4.74 Å². The van der Waals surface area contributed by atoms with Crippen molar-refractivity contribution in [1.29, 1.82) is 0 Å². The van der Waals surface area contributed by atoms with Crippen molar-refractivity contribution in [2.24, 2.45) is 0 Å². The molecule has 0 aliphatic rings. The van der Waals surface area contributed by atoms with Crippen molar-refractivity contribution in [3.8, 4) is 5.75 Å². The predicted octanol–water partition coefficient (Wildman–Crippen LogP) is 4.22. The number of halogens is 3. The van der Waals surface area contributed by atoms with Gasteiger partial charge in [-0.3, -0.25) is 4.98 Å². The van der Waals surface area contributed by atoms with E-state index >= 15 is 0 Å². The zero-order chi connectivity index (χ0) is 13.8. The zero-order valence-electron chi connectivity index (χ0n) is 9.74. The lowest BCUT2D eigenvalue weighted by atomic mass is 10.2. The highest BCUT2D eigenvalue weighted by atomic mass is 79.9. The summed E-state index contributed by atoms with van der Waals surface area (Å²) >= 11 is 15.3. The summed E-state index contributed by atoms with van der Waals surface area (Å²) < 4.78 is 6.52. The maximum absolute atomic E-state index is 9.29. The van der Waals surface area contributed by atoms with E-state index < -0.39 is 0 Å². The van der Waals surface area contributed by atoms with Crippen LogP contribution in [0.1, 0.15) is 11.1 Å². The highest BCUT2D eigenvalue weighted by Gasteiger charge is 2.10. The first kappa shape index (κ1) is 14.6. The molecule has 6 heteroatoms. The molecule has 0 spiro atoms. The van der Waals surface area contributed by atoms with E-state index in [2.05, 4.69) is 20.9 Å². The zero-order valence-corrected chi connectivity index (χ0v) is 12.8. The number of nitrogens with zero attached hydrogens (tertiary/aromatic N) is 1. The molecular weight excluding hydrogens is 353 g/mol. The monoisotopic (exact) mass is 361 g/mol. The molecule has 0 atom stereocenters. The molecule has 0 radical (unpaired) electrons. The molecule has 0 saturated carbocycles. The van der Waals surface area contributed by atoms with Gasteiger partial charge in [-0.05, 0) is 34.1 Å². The van der Waals surface area contributed by atoms with Crippen LogP contribution in [0, 0.1) is 0 Å². The van der Waals surface area contributed by atoms with Crippen molar-refractivity contribution in [2.75, 3.05) is 0 Å². The summed E-state index contributed by atoms with van der Waals surface area (Å²) in [6.07, 6.45) is 3.39. The Morgan fingerprint density at radius 1 is 1.21 bits per heavy atom. The van der Waals surface area contributed by atoms with Gasteiger partial charge in [0, 0.05) is 33.0 Å². The van der Waals surface area contributed by atoms with E-state index in [-0.39, 0.29) is 6.61 Å². The third kappa shape index (κ3) is 3.83. The lowest BCUT2D eigenvalue weighted by Gasteiger charge is -2.12. The second-order valence-electron chi connectivity index (χ2n) is 3.83. The minimum atomic E-state index is -0.188. The number of aliphatic hydroxyl groups is 1. The Balaban J connectivity index is 2.19. The van der Waals surface area contributed by atoms with Crippen molar-refractivity contribution >= 4 is 39.1 Å². The predicted molar refractivity (Wildman–Crippen MR) is 78.7 cm³/mol. The Hall–Kier alpha value is -0.810. The van der Waals surface area contributed by atoms with Gasteiger partial charge in [0.25, 0.3) is 0 Å². The van der Waals surface area contributed by atoms with Gasteiger partial charge in [0.1, 0.15) is 12.4 Å². The molecule has 0 amide bonds. The van der Waals surface area contributed by atoms with Crippen LogP contribution in [-0.4, -0.2) is 10.1 Å². The molecule has 1 aromatic carbocycles. The van der Waals surface area contributed by atoms with Crippen LogP contribution in [0.15, 0.2) is 35.1 Å². The minimum absolute atomic E-state index is 0.188. The number of aromatic nitrogens is 1. The molecule has 0 aliphatic heterocycles. The summed E-state index contributed by atoms with van der Waals surface area (Å²) in [4.78, 5) is 4.05. The highest BCUT2D eigenvalue weighted by Crippen LogP contribution is 2.33. The Labute approximate surface area is 129 Å². The molecular formula is C13H10BrCl2NO2. The van der Waals surface area contributed by atoms with E-state index in [1.165, 1.54) is 0 Å². The summed E-state index contributed by atoms with van der Waals surface area (Å²) in [5.41, 5.74) is 1.45. The number of pyridine rings is 1. The van der Waals surface area contributed by atoms with E-state index in [9.17, 15) is 5.11 Å². The van der Waals surface area contributed by atoms with Gasteiger partial charge in [-0.25, -0.2) is 0 Å². The SMILES string of the molecule is OCc1cc(Cl)cc(Cl)c1OCc1cncc(Br)c1. The molecule has 0 bridgehead atoms. The molecule has 3 nitrogen and oxygen atoms in total. The summed E-state index contributed by atoms with van der Waals surface area (Å²) in [5, 5.41) is 10.1. The normalized spacial score (nSPS) is 10.5. The average Bonchev–Trinajstić information content (AvgIpc) is 2.37. The summed E-state index contributed by atoms with van der Waals surface area (Å²) in [6.45, 7) is 0.118. The minimum Gasteiger partial charge on any atom is -0.487 e. The van der Waals surface area contributed by atoms with Crippen molar-refractivity contribution in [2.45, 2.75) is 13.2 Å². The number of hydrogen-bond donors (Lipinski definition) is 1. The quantitative estimate of drug-likeness (QED) is 0.885. The maximum atomic E-state index is 9.29. The Morgan fingerprint density at radius 3 is 2.68 bits per heavy atom. The molecule has 0 aliphatic carbocycles. The van der Waals surface area contributed by atoms with Crippen LogP contribution in [0.5, 0.6) is 5.75 Å². The fourth-order valence-electron chi connectivity index (χ4n) is 1.58. The van der Waals surface area contributed by atoms with E-state index in [1.807, 2.05) is 6.07 Å². The van der Waals surface area contributed by atoms with Crippen LogP contribution >= 0.6 is 39.1 Å². The molecule has 100 valence electrons. The van der Waals surface area contributed by atoms with Gasteiger partial charge >= 0.3 is 0 Å². The van der Waals surface area contributed by atoms with Gasteiger partial charge in [-0.15, -0.1) is 0 Å². The van der Waals surface area contributed by atoms with Crippen molar-refractivity contribution in [1.82, 2.24) is 4.98 Å². The molecule has 0 saturated heterocycles. The summed E-state index contributed by atoms with van der Waals surface area (Å²) in [7, 11) is 0. The molecule has 2 rings (SSSR count). The fraction of sp³-hybridized carbons (Fsp3) is 0.154. The molecule has 1 N–H and O–H groups in total. The van der Waals surface area contributed by atoms with Gasteiger partial charge in [0.05, 0.1) is 11.6 Å². The van der Waals surface area contributed by atoms with Crippen molar-refractivity contribution in [3.63, 3.8) is 0 Å². The Morgan fingerprint density at radius 2 is 2.00 bits per heavy atom. The largest absolute Gasteiger partial charge is 0.487 e. The van der Waals surface area contributed by atoms with Crippen LogP contribution in [0.2, 0.25) is 10.0 Å². The molecule has 1 heterocycles. The molecule has 1 aromatic heterocycles. The van der Waals surface area contributed by atoms with Gasteiger partial charge in [0.15, 0.2) is 0 Å². The van der Waals surface area contributed by atoms with Gasteiger partial charge in [0.2, 0.25) is 0 Å². The third-order valence-electron chi connectivity index (χ3n) is 2.40. The molecule has 0 unspecified atom stereocenters.